The summed E-state index contributed by atoms with van der Waals surface area (Å²) in [7, 11) is -3.73. The van der Waals surface area contributed by atoms with Crippen LogP contribution in [0.2, 0.25) is 0 Å². The first-order valence-corrected chi connectivity index (χ1v) is 11.7. The topological polar surface area (TPSA) is 131 Å². The lowest BCUT2D eigenvalue weighted by Gasteiger charge is -2.20. The Morgan fingerprint density at radius 1 is 1.06 bits per heavy atom. The van der Waals surface area contributed by atoms with E-state index in [1.807, 2.05) is 17.5 Å². The molecule has 0 fully saturated rings. The molecule has 0 saturated carbocycles. The second-order valence-electron chi connectivity index (χ2n) is 7.59. The summed E-state index contributed by atoms with van der Waals surface area (Å²) in [5.74, 6) is -1.60. The standard InChI is InChI=1S/C20H25N3O6S2/c1-20(2,3)23-31(27,28)16-8-6-14(7-9-16)18(25)29-13-17(24)22-19(26)21-11-10-15-5-4-12-30-15/h4-9,12,23H,10-11,13H2,1-3H3,(H2,21,22,24,26). The number of amides is 3. The van der Waals surface area contributed by atoms with E-state index in [-0.39, 0.29) is 10.5 Å². The Labute approximate surface area is 185 Å². The molecule has 1 aromatic heterocycles. The van der Waals surface area contributed by atoms with Crippen molar-refractivity contribution in [1.29, 1.82) is 0 Å². The highest BCUT2D eigenvalue weighted by atomic mass is 32.2. The zero-order chi connectivity index (χ0) is 23.1. The average molecular weight is 468 g/mol. The minimum Gasteiger partial charge on any atom is -0.452 e. The maximum Gasteiger partial charge on any atom is 0.338 e. The first-order chi connectivity index (χ1) is 14.5. The van der Waals surface area contributed by atoms with Gasteiger partial charge in [-0.15, -0.1) is 11.3 Å². The van der Waals surface area contributed by atoms with Gasteiger partial charge in [-0.2, -0.15) is 0 Å². The van der Waals surface area contributed by atoms with E-state index < -0.39 is 40.1 Å². The minimum atomic E-state index is -3.73. The van der Waals surface area contributed by atoms with E-state index in [2.05, 4.69) is 15.4 Å². The van der Waals surface area contributed by atoms with Gasteiger partial charge in [-0.25, -0.2) is 22.7 Å². The summed E-state index contributed by atoms with van der Waals surface area (Å²) in [6.07, 6.45) is 0.644. The van der Waals surface area contributed by atoms with Crippen LogP contribution < -0.4 is 15.4 Å². The highest BCUT2D eigenvalue weighted by Crippen LogP contribution is 2.14. The van der Waals surface area contributed by atoms with Crippen LogP contribution in [0.15, 0.2) is 46.7 Å². The van der Waals surface area contributed by atoms with Gasteiger partial charge in [0.1, 0.15) is 0 Å². The molecular formula is C20H25N3O6S2. The van der Waals surface area contributed by atoms with Crippen molar-refractivity contribution in [2.75, 3.05) is 13.2 Å². The highest BCUT2D eigenvalue weighted by Gasteiger charge is 2.22. The molecule has 0 atom stereocenters. The molecule has 3 amide bonds. The summed E-state index contributed by atoms with van der Waals surface area (Å²) in [4.78, 5) is 36.6. The Hall–Kier alpha value is -2.76. The third-order valence-corrected chi connectivity index (χ3v) is 6.38. The summed E-state index contributed by atoms with van der Waals surface area (Å²) in [6.45, 7) is 4.85. The van der Waals surface area contributed by atoms with Crippen molar-refractivity contribution < 1.29 is 27.5 Å². The van der Waals surface area contributed by atoms with Crippen LogP contribution in [-0.2, 0) is 26.0 Å². The third-order valence-electron chi connectivity index (χ3n) is 3.67. The van der Waals surface area contributed by atoms with Gasteiger partial charge in [0, 0.05) is 17.0 Å². The predicted octanol–water partition coefficient (Wildman–Crippen LogP) is 2.05. The van der Waals surface area contributed by atoms with Gasteiger partial charge in [-0.1, -0.05) is 6.07 Å². The Kier molecular flexibility index (Phi) is 8.31. The molecule has 0 radical (unpaired) electrons. The number of hydrogen-bond acceptors (Lipinski definition) is 7. The van der Waals surface area contributed by atoms with Crippen molar-refractivity contribution in [2.24, 2.45) is 0 Å². The summed E-state index contributed by atoms with van der Waals surface area (Å²) in [6, 6.07) is 8.28. The lowest BCUT2D eigenvalue weighted by atomic mass is 10.1. The summed E-state index contributed by atoms with van der Waals surface area (Å²) < 4.78 is 31.9. The largest absolute Gasteiger partial charge is 0.452 e. The molecule has 11 heteroatoms. The Balaban J connectivity index is 1.78. The Bertz CT molecular complexity index is 1010. The molecule has 0 bridgehead atoms. The number of esters is 1. The van der Waals surface area contributed by atoms with Crippen molar-refractivity contribution in [1.82, 2.24) is 15.4 Å². The van der Waals surface area contributed by atoms with Crippen LogP contribution in [0, 0.1) is 0 Å². The number of hydrogen-bond donors (Lipinski definition) is 3. The number of carbonyl (C=O) groups is 3. The predicted molar refractivity (Wildman–Crippen MR) is 116 cm³/mol. The van der Waals surface area contributed by atoms with Gasteiger partial charge in [0.25, 0.3) is 5.91 Å². The maximum atomic E-state index is 12.3. The van der Waals surface area contributed by atoms with E-state index in [0.717, 1.165) is 4.88 Å². The fraction of sp³-hybridized carbons (Fsp3) is 0.350. The van der Waals surface area contributed by atoms with E-state index >= 15 is 0 Å². The zero-order valence-electron chi connectivity index (χ0n) is 17.4. The normalized spacial score (nSPS) is 11.6. The van der Waals surface area contributed by atoms with E-state index in [0.29, 0.717) is 13.0 Å². The first-order valence-electron chi connectivity index (χ1n) is 9.37. The van der Waals surface area contributed by atoms with Crippen molar-refractivity contribution in [3.8, 4) is 0 Å². The minimum absolute atomic E-state index is 0.00376. The number of urea groups is 1. The molecule has 0 unspecified atom stereocenters. The molecule has 1 heterocycles. The van der Waals surface area contributed by atoms with Crippen molar-refractivity contribution in [3.05, 3.63) is 52.2 Å². The monoisotopic (exact) mass is 467 g/mol. The number of sulfonamides is 1. The van der Waals surface area contributed by atoms with Gasteiger partial charge in [0.05, 0.1) is 10.5 Å². The van der Waals surface area contributed by atoms with Gasteiger partial charge in [0.2, 0.25) is 10.0 Å². The first kappa shape index (κ1) is 24.5. The fourth-order valence-corrected chi connectivity index (χ4v) is 4.53. The van der Waals surface area contributed by atoms with Gasteiger partial charge < -0.3 is 10.1 Å². The molecule has 0 spiro atoms. The second kappa shape index (κ2) is 10.5. The van der Waals surface area contributed by atoms with Crippen molar-refractivity contribution in [2.45, 2.75) is 37.6 Å². The molecule has 0 aliphatic rings. The summed E-state index contributed by atoms with van der Waals surface area (Å²) in [5.41, 5.74) is -0.581. The van der Waals surface area contributed by atoms with E-state index in [9.17, 15) is 22.8 Å². The third kappa shape index (κ3) is 8.48. The molecule has 3 N–H and O–H groups in total. The maximum absolute atomic E-state index is 12.3. The smallest absolute Gasteiger partial charge is 0.338 e. The summed E-state index contributed by atoms with van der Waals surface area (Å²) >= 11 is 1.57. The number of imide groups is 1. The SMILES string of the molecule is CC(C)(C)NS(=O)(=O)c1ccc(C(=O)OCC(=O)NC(=O)NCCc2cccs2)cc1. The number of ether oxygens (including phenoxy) is 1. The molecule has 2 rings (SSSR count). The molecule has 0 aliphatic heterocycles. The van der Waals surface area contributed by atoms with Gasteiger partial charge in [-0.05, 0) is 62.9 Å². The Morgan fingerprint density at radius 3 is 2.32 bits per heavy atom. The zero-order valence-corrected chi connectivity index (χ0v) is 19.1. The fourth-order valence-electron chi connectivity index (χ4n) is 2.41. The molecule has 2 aromatic rings. The van der Waals surface area contributed by atoms with Gasteiger partial charge in [-0.3, -0.25) is 10.1 Å². The molecule has 0 aliphatic carbocycles. The van der Waals surface area contributed by atoms with Crippen LogP contribution in [0.25, 0.3) is 0 Å². The molecule has 1 aromatic carbocycles. The Morgan fingerprint density at radius 2 is 1.74 bits per heavy atom. The quantitative estimate of drug-likeness (QED) is 0.510. The van der Waals surface area contributed by atoms with Gasteiger partial charge >= 0.3 is 12.0 Å². The number of benzene rings is 1. The van der Waals surface area contributed by atoms with Crippen LogP contribution >= 0.6 is 11.3 Å². The lowest BCUT2D eigenvalue weighted by molar-refractivity contribution is -0.123. The van der Waals surface area contributed by atoms with E-state index in [4.69, 9.17) is 4.74 Å². The number of thiophene rings is 1. The van der Waals surface area contributed by atoms with Crippen LogP contribution in [0.4, 0.5) is 4.79 Å². The molecule has 0 saturated heterocycles. The van der Waals surface area contributed by atoms with Crippen molar-refractivity contribution >= 4 is 39.3 Å². The van der Waals surface area contributed by atoms with E-state index in [1.54, 1.807) is 32.1 Å². The van der Waals surface area contributed by atoms with Crippen LogP contribution in [0.3, 0.4) is 0 Å². The summed E-state index contributed by atoms with van der Waals surface area (Å²) in [5, 5.41) is 6.54. The van der Waals surface area contributed by atoms with Crippen molar-refractivity contribution in [3.63, 3.8) is 0 Å². The van der Waals surface area contributed by atoms with E-state index in [1.165, 1.54) is 24.3 Å². The molecule has 31 heavy (non-hydrogen) atoms. The highest BCUT2D eigenvalue weighted by molar-refractivity contribution is 7.89. The second-order valence-corrected chi connectivity index (χ2v) is 10.3. The molecule has 9 nitrogen and oxygen atoms in total. The van der Waals surface area contributed by atoms with Gasteiger partial charge in [0.15, 0.2) is 6.61 Å². The lowest BCUT2D eigenvalue weighted by Crippen LogP contribution is -2.42. The van der Waals surface area contributed by atoms with Crippen LogP contribution in [0.5, 0.6) is 0 Å². The number of nitrogens with one attached hydrogen (secondary N) is 3. The number of carbonyl (C=O) groups excluding carboxylic acids is 3. The van der Waals surface area contributed by atoms with Crippen LogP contribution in [0.1, 0.15) is 36.0 Å². The average Bonchev–Trinajstić information content (AvgIpc) is 3.18. The molecule has 168 valence electrons. The molecular weight excluding hydrogens is 442 g/mol. The van der Waals surface area contributed by atoms with Crippen LogP contribution in [-0.4, -0.2) is 45.0 Å². The number of rotatable bonds is 8.